The molecule has 0 saturated carbocycles. The largest absolute Gasteiger partial charge is 0.490 e. The number of nitriles is 1. The number of benzene rings is 3. The Morgan fingerprint density at radius 3 is 2.61 bits per heavy atom. The minimum Gasteiger partial charge on any atom is -0.490 e. The fraction of sp³-hybridized carbons (Fsp3) is 0.208. The molecule has 0 spiro atoms. The maximum atomic E-state index is 9.84. The normalized spacial score (nSPS) is 11.3. The van der Waals surface area contributed by atoms with Gasteiger partial charge < -0.3 is 9.47 Å². The first-order chi connectivity index (χ1) is 13.7. The van der Waals surface area contributed by atoms with Crippen LogP contribution in [0, 0.1) is 14.9 Å². The number of rotatable bonds is 7. The molecule has 3 rings (SSSR count). The number of halogens is 1. The van der Waals surface area contributed by atoms with E-state index in [0.717, 1.165) is 37.6 Å². The number of fused-ring (bicyclic) bond motifs is 1. The third kappa shape index (κ3) is 4.48. The first-order valence-electron chi connectivity index (χ1n) is 9.37. The lowest BCUT2D eigenvalue weighted by molar-refractivity contribution is 0.275. The Morgan fingerprint density at radius 1 is 1.07 bits per heavy atom. The second-order valence-electron chi connectivity index (χ2n) is 6.31. The van der Waals surface area contributed by atoms with Gasteiger partial charge >= 0.3 is 0 Å². The molecule has 3 aromatic rings. The summed E-state index contributed by atoms with van der Waals surface area (Å²) < 4.78 is 12.7. The van der Waals surface area contributed by atoms with Gasteiger partial charge in [0.2, 0.25) is 0 Å². The highest BCUT2D eigenvalue weighted by molar-refractivity contribution is 14.1. The second-order valence-corrected chi connectivity index (χ2v) is 7.47. The molecule has 142 valence electrons. The maximum absolute atomic E-state index is 9.84. The number of ether oxygens (including phenoxy) is 2. The van der Waals surface area contributed by atoms with Gasteiger partial charge in [-0.1, -0.05) is 49.4 Å². The van der Waals surface area contributed by atoms with Gasteiger partial charge in [0.25, 0.3) is 0 Å². The molecule has 0 radical (unpaired) electrons. The van der Waals surface area contributed by atoms with Gasteiger partial charge in [-0.2, -0.15) is 5.26 Å². The summed E-state index contributed by atoms with van der Waals surface area (Å²) in [5.41, 5.74) is 2.47. The van der Waals surface area contributed by atoms with Crippen LogP contribution in [0.5, 0.6) is 11.5 Å². The lowest BCUT2D eigenvalue weighted by Gasteiger charge is -2.14. The van der Waals surface area contributed by atoms with Crippen molar-refractivity contribution in [3.8, 4) is 17.6 Å². The minimum atomic E-state index is 0.556. The summed E-state index contributed by atoms with van der Waals surface area (Å²) >= 11 is 2.26. The molecule has 0 heterocycles. The number of allylic oxidation sites excluding steroid dienone is 1. The van der Waals surface area contributed by atoms with Crippen molar-refractivity contribution in [3.63, 3.8) is 0 Å². The van der Waals surface area contributed by atoms with E-state index in [-0.39, 0.29) is 0 Å². The second kappa shape index (κ2) is 9.61. The van der Waals surface area contributed by atoms with Gasteiger partial charge in [-0.15, -0.1) is 0 Å². The van der Waals surface area contributed by atoms with Crippen molar-refractivity contribution in [1.82, 2.24) is 0 Å². The summed E-state index contributed by atoms with van der Waals surface area (Å²) in [5.74, 6) is 1.48. The summed E-state index contributed by atoms with van der Waals surface area (Å²) in [6, 6.07) is 20.5. The lowest BCUT2D eigenvalue weighted by atomic mass is 9.97. The van der Waals surface area contributed by atoms with E-state index in [2.05, 4.69) is 47.7 Å². The van der Waals surface area contributed by atoms with E-state index in [0.29, 0.717) is 24.5 Å². The average molecular weight is 483 g/mol. The van der Waals surface area contributed by atoms with E-state index in [9.17, 15) is 5.26 Å². The van der Waals surface area contributed by atoms with Crippen LogP contribution in [0.15, 0.2) is 54.6 Å². The van der Waals surface area contributed by atoms with Crippen molar-refractivity contribution in [2.45, 2.75) is 20.3 Å². The minimum absolute atomic E-state index is 0.556. The zero-order valence-corrected chi connectivity index (χ0v) is 18.2. The number of nitrogens with zero attached hydrogens (tertiary/aromatic N) is 1. The van der Waals surface area contributed by atoms with Crippen LogP contribution in [-0.2, 0) is 0 Å². The fourth-order valence-corrected chi connectivity index (χ4v) is 3.86. The molecule has 0 fully saturated rings. The average Bonchev–Trinajstić information content (AvgIpc) is 2.71. The molecule has 0 aliphatic heterocycles. The molecule has 0 saturated heterocycles. The fourth-order valence-electron chi connectivity index (χ4n) is 3.08. The van der Waals surface area contributed by atoms with Crippen LogP contribution in [0.25, 0.3) is 22.4 Å². The smallest absolute Gasteiger partial charge is 0.174 e. The molecule has 0 unspecified atom stereocenters. The number of hydrogen-bond donors (Lipinski definition) is 0. The summed E-state index contributed by atoms with van der Waals surface area (Å²) in [5, 5.41) is 12.0. The van der Waals surface area contributed by atoms with E-state index in [1.54, 1.807) is 0 Å². The Morgan fingerprint density at radius 2 is 1.86 bits per heavy atom. The van der Waals surface area contributed by atoms with Crippen molar-refractivity contribution < 1.29 is 9.47 Å². The van der Waals surface area contributed by atoms with Crippen molar-refractivity contribution in [2.75, 3.05) is 13.2 Å². The molecule has 0 aliphatic rings. The summed E-state index contributed by atoms with van der Waals surface area (Å²) in [6.07, 6.45) is 2.85. The van der Waals surface area contributed by atoms with Gasteiger partial charge in [-0.3, -0.25) is 0 Å². The van der Waals surface area contributed by atoms with Gasteiger partial charge in [-0.25, -0.2) is 0 Å². The molecular formula is C24H22INO2. The van der Waals surface area contributed by atoms with Crippen molar-refractivity contribution in [2.24, 2.45) is 0 Å². The Balaban J connectivity index is 2.08. The molecule has 3 aromatic carbocycles. The van der Waals surface area contributed by atoms with Gasteiger partial charge in [0.15, 0.2) is 11.5 Å². The standard InChI is InChI=1S/C24H22INO2/c1-3-12-28-24-22(25)14-17(15-23(24)27-4-2)13-19(16-26)21-11-7-9-18-8-5-6-10-20(18)21/h5-11,13-15H,3-4,12H2,1-2H3/b19-13+. The highest BCUT2D eigenvalue weighted by Gasteiger charge is 2.13. The Labute approximate surface area is 179 Å². The summed E-state index contributed by atoms with van der Waals surface area (Å²) in [7, 11) is 0. The number of hydrogen-bond acceptors (Lipinski definition) is 3. The van der Waals surface area contributed by atoms with Crippen LogP contribution in [0.4, 0.5) is 0 Å². The molecular weight excluding hydrogens is 461 g/mol. The molecule has 28 heavy (non-hydrogen) atoms. The molecule has 4 heteroatoms. The molecule has 0 amide bonds. The van der Waals surface area contributed by atoms with Crippen LogP contribution in [0.1, 0.15) is 31.4 Å². The molecule has 0 aromatic heterocycles. The van der Waals surface area contributed by atoms with Crippen LogP contribution >= 0.6 is 22.6 Å². The van der Waals surface area contributed by atoms with Crippen molar-refractivity contribution in [3.05, 3.63) is 69.3 Å². The summed E-state index contributed by atoms with van der Waals surface area (Å²) in [6.45, 7) is 5.23. The zero-order chi connectivity index (χ0) is 19.9. The first kappa shape index (κ1) is 20.2. The van der Waals surface area contributed by atoms with E-state index in [1.165, 1.54) is 0 Å². The first-order valence-corrected chi connectivity index (χ1v) is 10.4. The van der Waals surface area contributed by atoms with Crippen molar-refractivity contribution >= 4 is 45.0 Å². The predicted octanol–water partition coefficient (Wildman–Crippen LogP) is 6.70. The molecule has 3 nitrogen and oxygen atoms in total. The Bertz CT molecular complexity index is 1040. The molecule has 0 bridgehead atoms. The SMILES string of the molecule is CCCOc1c(I)cc(/C=C(\C#N)c2cccc3ccccc23)cc1OCC. The monoisotopic (exact) mass is 483 g/mol. The van der Waals surface area contributed by atoms with E-state index in [1.807, 2.05) is 55.5 Å². The summed E-state index contributed by atoms with van der Waals surface area (Å²) in [4.78, 5) is 0. The topological polar surface area (TPSA) is 42.2 Å². The predicted molar refractivity (Wildman–Crippen MR) is 124 cm³/mol. The Kier molecular flexibility index (Phi) is 6.94. The van der Waals surface area contributed by atoms with Gasteiger partial charge in [0, 0.05) is 5.56 Å². The zero-order valence-electron chi connectivity index (χ0n) is 16.0. The van der Waals surface area contributed by atoms with Crippen LogP contribution in [0.2, 0.25) is 0 Å². The maximum Gasteiger partial charge on any atom is 0.174 e. The van der Waals surface area contributed by atoms with Gasteiger partial charge in [-0.05, 0) is 70.5 Å². The van der Waals surface area contributed by atoms with Gasteiger partial charge in [0.05, 0.1) is 28.4 Å². The highest BCUT2D eigenvalue weighted by Crippen LogP contribution is 2.36. The van der Waals surface area contributed by atoms with Crippen LogP contribution < -0.4 is 9.47 Å². The van der Waals surface area contributed by atoms with E-state index < -0.39 is 0 Å². The molecule has 0 aliphatic carbocycles. The third-order valence-electron chi connectivity index (χ3n) is 4.29. The molecule has 0 N–H and O–H groups in total. The van der Waals surface area contributed by atoms with Gasteiger partial charge in [0.1, 0.15) is 0 Å². The molecule has 0 atom stereocenters. The quantitative estimate of drug-likeness (QED) is 0.214. The van der Waals surface area contributed by atoms with E-state index >= 15 is 0 Å². The van der Waals surface area contributed by atoms with Crippen LogP contribution in [-0.4, -0.2) is 13.2 Å². The third-order valence-corrected chi connectivity index (χ3v) is 5.09. The Hall–Kier alpha value is -2.52. The van der Waals surface area contributed by atoms with E-state index in [4.69, 9.17) is 9.47 Å². The van der Waals surface area contributed by atoms with Crippen molar-refractivity contribution in [1.29, 1.82) is 5.26 Å². The highest BCUT2D eigenvalue weighted by atomic mass is 127. The van der Waals surface area contributed by atoms with Crippen LogP contribution in [0.3, 0.4) is 0 Å². The lowest BCUT2D eigenvalue weighted by Crippen LogP contribution is -2.02.